The maximum atomic E-state index is 12.5. The molecule has 0 radical (unpaired) electrons. The Labute approximate surface area is 143 Å². The third-order valence-corrected chi connectivity index (χ3v) is 4.65. The number of amides is 1. The van der Waals surface area contributed by atoms with E-state index < -0.39 is 0 Å². The summed E-state index contributed by atoms with van der Waals surface area (Å²) in [4.78, 5) is 13.8. The van der Waals surface area contributed by atoms with E-state index in [0.29, 0.717) is 12.5 Å². The van der Waals surface area contributed by atoms with Crippen molar-refractivity contribution in [2.24, 2.45) is 5.92 Å². The predicted molar refractivity (Wildman–Crippen MR) is 95.6 cm³/mol. The highest BCUT2D eigenvalue weighted by Crippen LogP contribution is 2.17. The number of aromatic nitrogens is 2. The minimum absolute atomic E-state index is 0.0624. The molecule has 0 spiro atoms. The highest BCUT2D eigenvalue weighted by Gasteiger charge is 2.22. The molecule has 1 aromatic carbocycles. The topological polar surface area (TPSA) is 51.4 Å². The fourth-order valence-electron chi connectivity index (χ4n) is 3.44. The van der Waals surface area contributed by atoms with Crippen LogP contribution in [0.15, 0.2) is 30.3 Å². The molecule has 2 aromatic rings. The molecule has 5 nitrogen and oxygen atoms in total. The van der Waals surface area contributed by atoms with Crippen LogP contribution in [-0.4, -0.2) is 35.3 Å². The standard InChI is InChI=1S/C19H26N4O/c1-14-6-8-17(9-7-14)23-18(11-16(3)21-23)20-19(24)13-22-10-4-5-15(2)12-22/h6-9,11,15H,4-5,10,12-13H2,1-3H3,(H,20,24)/p+1/t15-/m0/s1. The van der Waals surface area contributed by atoms with Crippen molar-refractivity contribution in [2.45, 2.75) is 33.6 Å². The van der Waals surface area contributed by atoms with Crippen LogP contribution in [0.4, 0.5) is 5.82 Å². The molecule has 2 N–H and O–H groups in total. The molecule has 0 aliphatic carbocycles. The van der Waals surface area contributed by atoms with Crippen LogP contribution < -0.4 is 10.2 Å². The number of carbonyl (C=O) groups is 1. The molecule has 2 atom stereocenters. The van der Waals surface area contributed by atoms with Crippen LogP contribution in [0.1, 0.15) is 31.0 Å². The largest absolute Gasteiger partial charge is 0.327 e. The van der Waals surface area contributed by atoms with Crippen molar-refractivity contribution in [3.05, 3.63) is 41.6 Å². The second kappa shape index (κ2) is 7.18. The lowest BCUT2D eigenvalue weighted by atomic mass is 10.0. The zero-order chi connectivity index (χ0) is 17.1. The lowest BCUT2D eigenvalue weighted by Gasteiger charge is -2.27. The molecule has 1 fully saturated rings. The summed E-state index contributed by atoms with van der Waals surface area (Å²) in [5, 5.41) is 7.56. The van der Waals surface area contributed by atoms with Crippen LogP contribution in [0.25, 0.3) is 5.69 Å². The van der Waals surface area contributed by atoms with Crippen molar-refractivity contribution in [1.29, 1.82) is 0 Å². The van der Waals surface area contributed by atoms with E-state index in [2.05, 4.69) is 36.4 Å². The van der Waals surface area contributed by atoms with E-state index in [1.165, 1.54) is 23.3 Å². The summed E-state index contributed by atoms with van der Waals surface area (Å²) in [5.74, 6) is 1.51. The van der Waals surface area contributed by atoms with E-state index >= 15 is 0 Å². The molecule has 5 heteroatoms. The van der Waals surface area contributed by atoms with E-state index in [9.17, 15) is 4.79 Å². The quantitative estimate of drug-likeness (QED) is 0.899. The summed E-state index contributed by atoms with van der Waals surface area (Å²) < 4.78 is 1.81. The first kappa shape index (κ1) is 16.7. The Morgan fingerprint density at radius 2 is 2.08 bits per heavy atom. The van der Waals surface area contributed by atoms with Gasteiger partial charge in [0.25, 0.3) is 5.91 Å². The highest BCUT2D eigenvalue weighted by molar-refractivity contribution is 5.91. The van der Waals surface area contributed by atoms with Gasteiger partial charge in [0.15, 0.2) is 6.54 Å². The Kier molecular flexibility index (Phi) is 5.00. The van der Waals surface area contributed by atoms with Gasteiger partial charge in [-0.1, -0.05) is 24.6 Å². The molecule has 2 heterocycles. The second-order valence-electron chi connectivity index (χ2n) is 7.09. The van der Waals surface area contributed by atoms with Crippen molar-refractivity contribution < 1.29 is 9.69 Å². The van der Waals surface area contributed by atoms with Crippen LogP contribution in [0.2, 0.25) is 0 Å². The van der Waals surface area contributed by atoms with Gasteiger partial charge in [-0.25, -0.2) is 4.68 Å². The Hall–Kier alpha value is -2.14. The molecule has 1 aromatic heterocycles. The van der Waals surface area contributed by atoms with Crippen molar-refractivity contribution >= 4 is 11.7 Å². The molecular formula is C19H27N4O+. The number of rotatable bonds is 4. The molecule has 1 unspecified atom stereocenters. The van der Waals surface area contributed by atoms with Gasteiger partial charge in [0, 0.05) is 12.0 Å². The maximum Gasteiger partial charge on any atom is 0.280 e. The molecule has 0 saturated carbocycles. The second-order valence-corrected chi connectivity index (χ2v) is 7.09. The number of carbonyl (C=O) groups excluding carboxylic acids is 1. The summed E-state index contributed by atoms with van der Waals surface area (Å²) in [6, 6.07) is 10.1. The van der Waals surface area contributed by atoms with Gasteiger partial charge in [0.1, 0.15) is 5.82 Å². The van der Waals surface area contributed by atoms with Crippen LogP contribution in [-0.2, 0) is 4.79 Å². The first-order chi connectivity index (χ1) is 11.5. The molecule has 1 saturated heterocycles. The molecule has 1 aliphatic heterocycles. The average Bonchev–Trinajstić information content (AvgIpc) is 2.88. The van der Waals surface area contributed by atoms with Crippen LogP contribution in [0.5, 0.6) is 0 Å². The summed E-state index contributed by atoms with van der Waals surface area (Å²) in [5.41, 5.74) is 3.06. The van der Waals surface area contributed by atoms with Gasteiger partial charge < -0.3 is 10.2 Å². The summed E-state index contributed by atoms with van der Waals surface area (Å²) in [6.07, 6.45) is 2.49. The number of nitrogens with one attached hydrogen (secondary N) is 2. The highest BCUT2D eigenvalue weighted by atomic mass is 16.2. The lowest BCUT2D eigenvalue weighted by Crippen LogP contribution is -3.14. The number of benzene rings is 1. The lowest BCUT2D eigenvalue weighted by molar-refractivity contribution is -0.900. The predicted octanol–water partition coefficient (Wildman–Crippen LogP) is 1.74. The van der Waals surface area contributed by atoms with Crippen LogP contribution in [0, 0.1) is 19.8 Å². The zero-order valence-corrected chi connectivity index (χ0v) is 14.8. The van der Waals surface area contributed by atoms with Crippen molar-refractivity contribution in [3.8, 4) is 5.69 Å². The van der Waals surface area contributed by atoms with Gasteiger partial charge in [0.2, 0.25) is 0 Å². The van der Waals surface area contributed by atoms with Crippen LogP contribution >= 0.6 is 0 Å². The van der Waals surface area contributed by atoms with Crippen LogP contribution in [0.3, 0.4) is 0 Å². The first-order valence-corrected chi connectivity index (χ1v) is 8.78. The fourth-order valence-corrected chi connectivity index (χ4v) is 3.44. The number of aryl methyl sites for hydroxylation is 2. The smallest absolute Gasteiger partial charge is 0.280 e. The summed E-state index contributed by atoms with van der Waals surface area (Å²) >= 11 is 0. The number of hydrogen-bond acceptors (Lipinski definition) is 2. The Balaban J connectivity index is 1.70. The third-order valence-electron chi connectivity index (χ3n) is 4.65. The molecule has 24 heavy (non-hydrogen) atoms. The molecule has 1 aliphatic rings. The van der Waals surface area contributed by atoms with Gasteiger partial charge in [0.05, 0.1) is 24.5 Å². The Morgan fingerprint density at radius 1 is 1.33 bits per heavy atom. The minimum atomic E-state index is 0.0624. The fraction of sp³-hybridized carbons (Fsp3) is 0.474. The van der Waals surface area contributed by atoms with Crippen molar-refractivity contribution in [1.82, 2.24) is 9.78 Å². The molecule has 3 rings (SSSR count). The number of likely N-dealkylation sites (tertiary alicyclic amines) is 1. The number of hydrogen-bond donors (Lipinski definition) is 2. The van der Waals surface area contributed by atoms with Gasteiger partial charge in [-0.2, -0.15) is 5.10 Å². The number of quaternary nitrogens is 1. The molecule has 0 bridgehead atoms. The SMILES string of the molecule is Cc1ccc(-n2nc(C)cc2NC(=O)C[NH+]2CCC[C@H](C)C2)cc1. The third kappa shape index (κ3) is 4.03. The van der Waals surface area contributed by atoms with Gasteiger partial charge >= 0.3 is 0 Å². The van der Waals surface area contributed by atoms with Crippen molar-refractivity contribution in [3.63, 3.8) is 0 Å². The normalized spacial score (nSPS) is 20.8. The molecular weight excluding hydrogens is 300 g/mol. The number of piperidine rings is 1. The van der Waals surface area contributed by atoms with Gasteiger partial charge in [-0.05, 0) is 38.8 Å². The monoisotopic (exact) mass is 327 g/mol. The average molecular weight is 327 g/mol. The van der Waals surface area contributed by atoms with Gasteiger partial charge in [-0.15, -0.1) is 0 Å². The summed E-state index contributed by atoms with van der Waals surface area (Å²) in [7, 11) is 0. The Morgan fingerprint density at radius 3 is 2.79 bits per heavy atom. The number of anilines is 1. The Bertz CT molecular complexity index is 705. The van der Waals surface area contributed by atoms with E-state index in [1.807, 2.05) is 25.1 Å². The first-order valence-electron chi connectivity index (χ1n) is 8.78. The number of nitrogens with zero attached hydrogens (tertiary/aromatic N) is 2. The minimum Gasteiger partial charge on any atom is -0.327 e. The summed E-state index contributed by atoms with van der Waals surface area (Å²) in [6.45, 7) is 8.98. The van der Waals surface area contributed by atoms with E-state index in [-0.39, 0.29) is 5.91 Å². The molecule has 1 amide bonds. The van der Waals surface area contributed by atoms with E-state index in [4.69, 9.17) is 0 Å². The van der Waals surface area contributed by atoms with Crippen molar-refractivity contribution in [2.75, 3.05) is 25.0 Å². The molecule has 128 valence electrons. The van der Waals surface area contributed by atoms with E-state index in [0.717, 1.165) is 30.3 Å². The zero-order valence-electron chi connectivity index (χ0n) is 14.8. The maximum absolute atomic E-state index is 12.5. The van der Waals surface area contributed by atoms with Gasteiger partial charge in [-0.3, -0.25) is 4.79 Å². The van der Waals surface area contributed by atoms with E-state index in [1.54, 1.807) is 4.68 Å².